The van der Waals surface area contributed by atoms with Gasteiger partial charge in [-0.05, 0) is 60.7 Å². The van der Waals surface area contributed by atoms with Gasteiger partial charge in [-0.1, -0.05) is 25.5 Å². The van der Waals surface area contributed by atoms with Gasteiger partial charge in [0.2, 0.25) is 0 Å². The average Bonchev–Trinajstić information content (AvgIpc) is 3.14. The topological polar surface area (TPSA) is 74.6 Å². The van der Waals surface area contributed by atoms with Crippen molar-refractivity contribution in [2.75, 3.05) is 14.2 Å². The number of unbranched alkanes of at least 4 members (excludes halogenated alkanes) is 1. The first-order valence-electron chi connectivity index (χ1n) is 10.00. The van der Waals surface area contributed by atoms with Gasteiger partial charge in [0, 0.05) is 18.0 Å². The molecule has 1 heterocycles. The molecule has 0 saturated heterocycles. The molecule has 0 amide bonds. The molecule has 0 aliphatic carbocycles. The summed E-state index contributed by atoms with van der Waals surface area (Å²) in [5.41, 5.74) is 2.42. The van der Waals surface area contributed by atoms with Crippen molar-refractivity contribution in [3.8, 4) is 5.75 Å². The van der Waals surface area contributed by atoms with Crippen LogP contribution in [0.2, 0.25) is 0 Å². The number of ether oxygens (including phenoxy) is 2. The second-order valence-electron chi connectivity index (χ2n) is 7.16. The standard InChI is InChI=1S/C23H27NO5S/c1-4-5-6-17-7-11-20(12-8-17)30(26,27)24-16-18(9-14-23(25)29-3)21-15-19(28-2)10-13-22(21)24/h7-8,10-13,15-16H,4-6,9,14H2,1-3H3. The molecule has 7 heteroatoms. The maximum absolute atomic E-state index is 13.4. The van der Waals surface area contributed by atoms with Crippen LogP contribution in [-0.4, -0.2) is 32.6 Å². The summed E-state index contributed by atoms with van der Waals surface area (Å²) in [6.45, 7) is 2.13. The van der Waals surface area contributed by atoms with Crippen LogP contribution < -0.4 is 4.74 Å². The lowest BCUT2D eigenvalue weighted by Gasteiger charge is -2.09. The van der Waals surface area contributed by atoms with Crippen molar-refractivity contribution in [2.24, 2.45) is 0 Å². The quantitative estimate of drug-likeness (QED) is 0.473. The normalized spacial score (nSPS) is 11.6. The van der Waals surface area contributed by atoms with Gasteiger partial charge in [-0.15, -0.1) is 0 Å². The largest absolute Gasteiger partial charge is 0.497 e. The van der Waals surface area contributed by atoms with Crippen LogP contribution >= 0.6 is 0 Å². The van der Waals surface area contributed by atoms with Crippen LogP contribution in [0.5, 0.6) is 5.75 Å². The molecule has 0 saturated carbocycles. The first-order chi connectivity index (χ1) is 14.4. The maximum Gasteiger partial charge on any atom is 0.305 e. The SMILES string of the molecule is CCCCc1ccc(S(=O)(=O)n2cc(CCC(=O)OC)c3cc(OC)ccc32)cc1. The Hall–Kier alpha value is -2.80. The lowest BCUT2D eigenvalue weighted by atomic mass is 10.1. The zero-order valence-corrected chi connectivity index (χ0v) is 18.4. The number of methoxy groups -OCH3 is 2. The fourth-order valence-corrected chi connectivity index (χ4v) is 4.82. The van der Waals surface area contributed by atoms with E-state index in [1.807, 2.05) is 12.1 Å². The average molecular weight is 430 g/mol. The Morgan fingerprint density at radius 1 is 1.03 bits per heavy atom. The third kappa shape index (κ3) is 4.51. The highest BCUT2D eigenvalue weighted by Gasteiger charge is 2.22. The number of carbonyl (C=O) groups excluding carboxylic acids is 1. The van der Waals surface area contributed by atoms with E-state index in [1.165, 1.54) is 11.1 Å². The number of fused-ring (bicyclic) bond motifs is 1. The molecule has 0 fully saturated rings. The number of benzene rings is 2. The highest BCUT2D eigenvalue weighted by Crippen LogP contribution is 2.30. The predicted octanol–water partition coefficient (Wildman–Crippen LogP) is 4.34. The minimum absolute atomic E-state index is 0.166. The summed E-state index contributed by atoms with van der Waals surface area (Å²) in [7, 11) is -0.891. The van der Waals surface area contributed by atoms with Crippen LogP contribution in [0, 0.1) is 0 Å². The molecular formula is C23H27NO5S. The highest BCUT2D eigenvalue weighted by atomic mass is 32.2. The number of aryl methyl sites for hydroxylation is 2. The Kier molecular flexibility index (Phi) is 6.82. The third-order valence-electron chi connectivity index (χ3n) is 5.19. The summed E-state index contributed by atoms with van der Waals surface area (Å²) in [6.07, 6.45) is 5.22. The Morgan fingerprint density at radius 2 is 1.77 bits per heavy atom. The fraction of sp³-hybridized carbons (Fsp3) is 0.348. The number of hydrogen-bond acceptors (Lipinski definition) is 5. The number of aromatic nitrogens is 1. The van der Waals surface area contributed by atoms with Crippen molar-refractivity contribution in [1.29, 1.82) is 0 Å². The van der Waals surface area contributed by atoms with Gasteiger partial charge in [0.05, 0.1) is 24.6 Å². The minimum atomic E-state index is -3.79. The number of carbonyl (C=O) groups is 1. The summed E-state index contributed by atoms with van der Waals surface area (Å²) in [4.78, 5) is 11.8. The van der Waals surface area contributed by atoms with Crippen LogP contribution in [0.15, 0.2) is 53.6 Å². The van der Waals surface area contributed by atoms with E-state index in [1.54, 1.807) is 43.6 Å². The van der Waals surface area contributed by atoms with Crippen molar-refractivity contribution in [3.05, 3.63) is 59.8 Å². The van der Waals surface area contributed by atoms with Gasteiger partial charge in [0.15, 0.2) is 0 Å². The second kappa shape index (κ2) is 9.34. The van der Waals surface area contributed by atoms with Crippen molar-refractivity contribution in [2.45, 2.75) is 43.9 Å². The van der Waals surface area contributed by atoms with Crippen molar-refractivity contribution in [3.63, 3.8) is 0 Å². The summed E-state index contributed by atoms with van der Waals surface area (Å²) in [5, 5.41) is 0.737. The number of nitrogens with zero attached hydrogens (tertiary/aromatic N) is 1. The van der Waals surface area contributed by atoms with E-state index in [4.69, 9.17) is 9.47 Å². The molecule has 30 heavy (non-hydrogen) atoms. The van der Waals surface area contributed by atoms with Gasteiger partial charge in [-0.2, -0.15) is 0 Å². The number of esters is 1. The summed E-state index contributed by atoms with van der Waals surface area (Å²) < 4.78 is 38.1. The molecule has 0 atom stereocenters. The van der Waals surface area contributed by atoms with E-state index in [2.05, 4.69) is 6.92 Å². The summed E-state index contributed by atoms with van der Waals surface area (Å²) >= 11 is 0. The smallest absolute Gasteiger partial charge is 0.305 e. The van der Waals surface area contributed by atoms with Crippen molar-refractivity contribution < 1.29 is 22.7 Å². The van der Waals surface area contributed by atoms with Crippen LogP contribution in [0.1, 0.15) is 37.3 Å². The van der Waals surface area contributed by atoms with E-state index in [0.717, 1.165) is 35.8 Å². The van der Waals surface area contributed by atoms with E-state index < -0.39 is 10.0 Å². The third-order valence-corrected chi connectivity index (χ3v) is 6.87. The van der Waals surface area contributed by atoms with Crippen LogP contribution in [0.25, 0.3) is 10.9 Å². The molecular weight excluding hydrogens is 402 g/mol. The van der Waals surface area contributed by atoms with Gasteiger partial charge in [-0.3, -0.25) is 4.79 Å². The molecule has 3 rings (SSSR count). The van der Waals surface area contributed by atoms with Gasteiger partial charge in [0.25, 0.3) is 10.0 Å². The molecule has 1 aromatic heterocycles. The van der Waals surface area contributed by atoms with Crippen LogP contribution in [0.4, 0.5) is 0 Å². The minimum Gasteiger partial charge on any atom is -0.497 e. The van der Waals surface area contributed by atoms with E-state index in [0.29, 0.717) is 17.7 Å². The fourth-order valence-electron chi connectivity index (χ4n) is 3.43. The molecule has 0 unspecified atom stereocenters. The molecule has 0 N–H and O–H groups in total. The monoisotopic (exact) mass is 429 g/mol. The number of hydrogen-bond donors (Lipinski definition) is 0. The molecule has 0 spiro atoms. The summed E-state index contributed by atoms with van der Waals surface area (Å²) in [5.74, 6) is 0.279. The highest BCUT2D eigenvalue weighted by molar-refractivity contribution is 7.90. The molecule has 0 radical (unpaired) electrons. The van der Waals surface area contributed by atoms with Gasteiger partial charge in [0.1, 0.15) is 5.75 Å². The Morgan fingerprint density at radius 3 is 2.40 bits per heavy atom. The lowest BCUT2D eigenvalue weighted by Crippen LogP contribution is -2.12. The zero-order chi connectivity index (χ0) is 21.7. The van der Waals surface area contributed by atoms with Crippen molar-refractivity contribution in [1.82, 2.24) is 3.97 Å². The van der Waals surface area contributed by atoms with Crippen LogP contribution in [-0.2, 0) is 32.4 Å². The Labute approximate surface area is 177 Å². The van der Waals surface area contributed by atoms with E-state index in [9.17, 15) is 13.2 Å². The molecule has 0 bridgehead atoms. The first kappa shape index (κ1) is 21.9. The number of rotatable bonds is 9. The Bertz CT molecular complexity index is 1130. The molecule has 3 aromatic rings. The van der Waals surface area contributed by atoms with E-state index in [-0.39, 0.29) is 17.3 Å². The summed E-state index contributed by atoms with van der Waals surface area (Å²) in [6, 6.07) is 12.3. The lowest BCUT2D eigenvalue weighted by molar-refractivity contribution is -0.140. The Balaban J connectivity index is 2.04. The molecule has 2 aromatic carbocycles. The molecule has 160 valence electrons. The van der Waals surface area contributed by atoms with Crippen molar-refractivity contribution >= 4 is 26.9 Å². The maximum atomic E-state index is 13.4. The first-order valence-corrected chi connectivity index (χ1v) is 11.4. The van der Waals surface area contributed by atoms with Gasteiger partial charge in [-0.25, -0.2) is 12.4 Å². The van der Waals surface area contributed by atoms with Gasteiger partial charge >= 0.3 is 5.97 Å². The van der Waals surface area contributed by atoms with Crippen LogP contribution in [0.3, 0.4) is 0 Å². The molecule has 0 aliphatic rings. The predicted molar refractivity (Wildman–Crippen MR) is 116 cm³/mol. The zero-order valence-electron chi connectivity index (χ0n) is 17.6. The van der Waals surface area contributed by atoms with E-state index >= 15 is 0 Å². The molecule has 0 aliphatic heterocycles. The second-order valence-corrected chi connectivity index (χ2v) is 8.98. The van der Waals surface area contributed by atoms with Gasteiger partial charge < -0.3 is 9.47 Å². The molecule has 6 nitrogen and oxygen atoms in total.